The largest absolute Gasteiger partial charge is 0.343 e. The van der Waals surface area contributed by atoms with Crippen LogP contribution in [0.1, 0.15) is 75.5 Å². The van der Waals surface area contributed by atoms with Crippen LogP contribution in [0.2, 0.25) is 0 Å². The van der Waals surface area contributed by atoms with Crippen LogP contribution in [0.15, 0.2) is 16.9 Å². The molecule has 2 heterocycles. The van der Waals surface area contributed by atoms with Crippen molar-refractivity contribution in [2.45, 2.75) is 64.5 Å². The van der Waals surface area contributed by atoms with E-state index in [0.717, 1.165) is 25.7 Å². The summed E-state index contributed by atoms with van der Waals surface area (Å²) in [6.07, 6.45) is 6.58. The third kappa shape index (κ3) is 3.33. The molecule has 2 aromatic rings. The molecular formula is C17H23N5O3. The molecule has 1 N–H and O–H groups in total. The second-order valence-corrected chi connectivity index (χ2v) is 7.57. The Morgan fingerprint density at radius 3 is 2.52 bits per heavy atom. The lowest BCUT2D eigenvalue weighted by Gasteiger charge is -2.25. The molecule has 0 radical (unpaired) electrons. The van der Waals surface area contributed by atoms with Gasteiger partial charge in [-0.25, -0.2) is 0 Å². The Balaban J connectivity index is 1.86. The first-order valence-electron chi connectivity index (χ1n) is 8.44. The second kappa shape index (κ2) is 6.09. The first kappa shape index (κ1) is 17.3. The summed E-state index contributed by atoms with van der Waals surface area (Å²) in [5.41, 5.74) is -0.466. The lowest BCUT2D eigenvalue weighted by molar-refractivity contribution is -0.121. The molecule has 1 aliphatic carbocycles. The molecule has 134 valence electrons. The maximum absolute atomic E-state index is 12.6. The van der Waals surface area contributed by atoms with Crippen LogP contribution in [0.4, 0.5) is 0 Å². The smallest absolute Gasteiger partial charge is 0.299 e. The lowest BCUT2D eigenvalue weighted by atomic mass is 9.96. The molecule has 0 unspecified atom stereocenters. The summed E-state index contributed by atoms with van der Waals surface area (Å²) in [6.45, 7) is 7.45. The fourth-order valence-corrected chi connectivity index (χ4v) is 3.16. The number of hydrogen-bond donors (Lipinski definition) is 1. The summed E-state index contributed by atoms with van der Waals surface area (Å²) in [7, 11) is 0. The van der Waals surface area contributed by atoms with Gasteiger partial charge in [-0.15, -0.1) is 0 Å². The van der Waals surface area contributed by atoms with Crippen LogP contribution in [-0.4, -0.2) is 31.6 Å². The highest BCUT2D eigenvalue weighted by molar-refractivity contribution is 6.05. The van der Waals surface area contributed by atoms with Gasteiger partial charge in [-0.3, -0.25) is 14.3 Å². The van der Waals surface area contributed by atoms with E-state index in [1.165, 1.54) is 13.1 Å². The van der Waals surface area contributed by atoms with E-state index in [0.29, 0.717) is 11.4 Å². The first-order chi connectivity index (χ1) is 11.7. The highest BCUT2D eigenvalue weighted by Gasteiger charge is 2.41. The number of hydrogen-bond acceptors (Lipinski definition) is 6. The van der Waals surface area contributed by atoms with E-state index in [1.807, 2.05) is 20.8 Å². The number of rotatable bonds is 4. The number of ketones is 1. The predicted octanol–water partition coefficient (Wildman–Crippen LogP) is 2.16. The summed E-state index contributed by atoms with van der Waals surface area (Å²) in [6, 6.07) is 0. The Morgan fingerprint density at radius 1 is 1.28 bits per heavy atom. The van der Waals surface area contributed by atoms with Crippen LogP contribution in [0, 0.1) is 0 Å². The van der Waals surface area contributed by atoms with Gasteiger partial charge >= 0.3 is 0 Å². The molecule has 1 fully saturated rings. The number of nitrogens with zero attached hydrogens (tertiary/aromatic N) is 4. The predicted molar refractivity (Wildman–Crippen MR) is 88.9 cm³/mol. The molecule has 1 saturated carbocycles. The molecule has 1 amide bonds. The average Bonchev–Trinajstić information content (AvgIpc) is 3.25. The number of carbonyl (C=O) groups excluding carboxylic acids is 2. The molecular weight excluding hydrogens is 322 g/mol. The van der Waals surface area contributed by atoms with Gasteiger partial charge in [-0.05, 0) is 33.6 Å². The van der Waals surface area contributed by atoms with Gasteiger partial charge in [0.2, 0.25) is 5.91 Å². The van der Waals surface area contributed by atoms with Gasteiger partial charge in [0.05, 0.1) is 17.3 Å². The molecule has 0 spiro atoms. The lowest BCUT2D eigenvalue weighted by Crippen LogP contribution is -2.43. The summed E-state index contributed by atoms with van der Waals surface area (Å²) in [5.74, 6) is -0.233. The highest BCUT2D eigenvalue weighted by Crippen LogP contribution is 2.37. The van der Waals surface area contributed by atoms with Crippen molar-refractivity contribution in [2.75, 3.05) is 0 Å². The van der Waals surface area contributed by atoms with Gasteiger partial charge in [0.25, 0.3) is 11.7 Å². The molecule has 0 bridgehead atoms. The second-order valence-electron chi connectivity index (χ2n) is 7.57. The van der Waals surface area contributed by atoms with Crippen LogP contribution < -0.4 is 5.32 Å². The molecule has 0 aromatic carbocycles. The minimum Gasteiger partial charge on any atom is -0.343 e. The zero-order chi connectivity index (χ0) is 18.2. The van der Waals surface area contributed by atoms with Crippen molar-refractivity contribution >= 4 is 11.7 Å². The van der Waals surface area contributed by atoms with Gasteiger partial charge in [-0.2, -0.15) is 10.1 Å². The Hall–Kier alpha value is -2.51. The van der Waals surface area contributed by atoms with Crippen LogP contribution in [0.3, 0.4) is 0 Å². The van der Waals surface area contributed by atoms with E-state index in [2.05, 4.69) is 20.6 Å². The van der Waals surface area contributed by atoms with Gasteiger partial charge in [0.15, 0.2) is 5.82 Å². The summed E-state index contributed by atoms with van der Waals surface area (Å²) in [5, 5.41) is 11.1. The van der Waals surface area contributed by atoms with E-state index < -0.39 is 5.54 Å². The normalized spacial score (nSPS) is 16.8. The van der Waals surface area contributed by atoms with E-state index in [9.17, 15) is 9.59 Å². The van der Waals surface area contributed by atoms with E-state index in [4.69, 9.17) is 4.52 Å². The maximum atomic E-state index is 12.6. The fraction of sp³-hybridized carbons (Fsp3) is 0.588. The van der Waals surface area contributed by atoms with Crippen molar-refractivity contribution in [3.8, 4) is 0 Å². The Bertz CT molecular complexity index is 793. The molecule has 2 aromatic heterocycles. The van der Waals surface area contributed by atoms with Crippen molar-refractivity contribution in [3.05, 3.63) is 29.7 Å². The number of carbonyl (C=O) groups is 2. The van der Waals surface area contributed by atoms with Crippen LogP contribution in [0.25, 0.3) is 0 Å². The Kier molecular flexibility index (Phi) is 4.22. The standard InChI is InChI=1S/C17H23N5O3/c1-11(23)20-17(7-5-6-8-17)15-19-14(25-21-15)13(24)12-9-18-22(10-12)16(2,3)4/h9-10H,5-8H2,1-4H3,(H,20,23). The van der Waals surface area contributed by atoms with Crippen molar-refractivity contribution < 1.29 is 14.1 Å². The minimum atomic E-state index is -0.635. The number of nitrogens with one attached hydrogen (secondary N) is 1. The van der Waals surface area contributed by atoms with Crippen molar-refractivity contribution in [3.63, 3.8) is 0 Å². The number of amides is 1. The highest BCUT2D eigenvalue weighted by atomic mass is 16.5. The zero-order valence-electron chi connectivity index (χ0n) is 15.0. The Morgan fingerprint density at radius 2 is 1.96 bits per heavy atom. The third-order valence-corrected chi connectivity index (χ3v) is 4.45. The number of aromatic nitrogens is 4. The molecule has 25 heavy (non-hydrogen) atoms. The van der Waals surface area contributed by atoms with Crippen molar-refractivity contribution in [2.24, 2.45) is 0 Å². The monoisotopic (exact) mass is 345 g/mol. The van der Waals surface area contributed by atoms with Gasteiger partial charge in [0, 0.05) is 13.1 Å². The fourth-order valence-electron chi connectivity index (χ4n) is 3.16. The first-order valence-corrected chi connectivity index (χ1v) is 8.44. The Labute approximate surface area is 146 Å². The average molecular weight is 345 g/mol. The van der Waals surface area contributed by atoms with E-state index in [-0.39, 0.29) is 23.1 Å². The minimum absolute atomic E-state index is 0.0833. The topological polar surface area (TPSA) is 103 Å². The maximum Gasteiger partial charge on any atom is 0.299 e. The molecule has 8 nitrogen and oxygen atoms in total. The summed E-state index contributed by atoms with van der Waals surface area (Å²) in [4.78, 5) is 28.5. The molecule has 1 aliphatic rings. The van der Waals surface area contributed by atoms with E-state index in [1.54, 1.807) is 10.9 Å². The molecule has 0 aliphatic heterocycles. The van der Waals surface area contributed by atoms with Crippen LogP contribution in [-0.2, 0) is 15.9 Å². The van der Waals surface area contributed by atoms with Crippen LogP contribution in [0.5, 0.6) is 0 Å². The van der Waals surface area contributed by atoms with Crippen molar-refractivity contribution in [1.29, 1.82) is 0 Å². The molecule has 3 rings (SSSR count). The van der Waals surface area contributed by atoms with Gasteiger partial charge in [0.1, 0.15) is 5.54 Å². The molecule has 8 heteroatoms. The summed E-state index contributed by atoms with van der Waals surface area (Å²) >= 11 is 0. The molecule has 0 saturated heterocycles. The molecule has 0 atom stereocenters. The van der Waals surface area contributed by atoms with Gasteiger partial charge < -0.3 is 9.84 Å². The van der Waals surface area contributed by atoms with E-state index >= 15 is 0 Å². The van der Waals surface area contributed by atoms with Gasteiger partial charge in [-0.1, -0.05) is 18.0 Å². The summed E-state index contributed by atoms with van der Waals surface area (Å²) < 4.78 is 6.91. The SMILES string of the molecule is CC(=O)NC1(c2noc(C(=O)c3cnn(C(C)(C)C)c3)n2)CCCC1. The third-order valence-electron chi connectivity index (χ3n) is 4.45. The quantitative estimate of drug-likeness (QED) is 0.852. The van der Waals surface area contributed by atoms with Crippen molar-refractivity contribution in [1.82, 2.24) is 25.2 Å². The zero-order valence-corrected chi connectivity index (χ0v) is 15.0. The van der Waals surface area contributed by atoms with Crippen LogP contribution >= 0.6 is 0 Å².